The lowest BCUT2D eigenvalue weighted by molar-refractivity contribution is 0.532. The third-order valence-corrected chi connectivity index (χ3v) is 3.07. The van der Waals surface area contributed by atoms with Gasteiger partial charge in [-0.15, -0.1) is 0 Å². The molecular formula is C14H22N4. The molecule has 2 aromatic rings. The first kappa shape index (κ1) is 13.0. The normalized spacial score (nSPS) is 13.1. The fourth-order valence-corrected chi connectivity index (χ4v) is 2.31. The maximum absolute atomic E-state index is 4.71. The summed E-state index contributed by atoms with van der Waals surface area (Å²) in [7, 11) is 0. The molecule has 0 radical (unpaired) electrons. The molecule has 1 atom stereocenters. The van der Waals surface area contributed by atoms with Crippen molar-refractivity contribution < 1.29 is 0 Å². The van der Waals surface area contributed by atoms with Gasteiger partial charge in [-0.25, -0.2) is 9.97 Å². The number of nitrogens with zero attached hydrogens (tertiary/aromatic N) is 3. The van der Waals surface area contributed by atoms with E-state index < -0.39 is 0 Å². The summed E-state index contributed by atoms with van der Waals surface area (Å²) in [6.07, 6.45) is 3.89. The third kappa shape index (κ3) is 2.70. The third-order valence-electron chi connectivity index (χ3n) is 3.07. The second-order valence-electron chi connectivity index (χ2n) is 4.69. The number of fused-ring (bicyclic) bond motifs is 1. The van der Waals surface area contributed by atoms with E-state index >= 15 is 0 Å². The van der Waals surface area contributed by atoms with Gasteiger partial charge in [-0.1, -0.05) is 13.8 Å². The zero-order valence-electron chi connectivity index (χ0n) is 11.5. The predicted octanol–water partition coefficient (Wildman–Crippen LogP) is 2.38. The molecule has 0 saturated heterocycles. The Morgan fingerprint density at radius 1 is 1.39 bits per heavy atom. The summed E-state index contributed by atoms with van der Waals surface area (Å²) in [4.78, 5) is 9.17. The van der Waals surface area contributed by atoms with Crippen molar-refractivity contribution in [2.75, 3.05) is 6.54 Å². The van der Waals surface area contributed by atoms with Gasteiger partial charge in [-0.05, 0) is 32.0 Å². The molecule has 2 heterocycles. The second-order valence-corrected chi connectivity index (χ2v) is 4.69. The first-order valence-corrected chi connectivity index (χ1v) is 6.79. The minimum atomic E-state index is 0.447. The Bertz CT molecular complexity index is 503. The van der Waals surface area contributed by atoms with Crippen LogP contribution in [0.4, 0.5) is 0 Å². The average Bonchev–Trinajstić information content (AvgIpc) is 2.68. The SMILES string of the molecule is CCCn1c(CC(C)NCC)nc2cccnc21. The van der Waals surface area contributed by atoms with Crippen molar-refractivity contribution in [3.05, 3.63) is 24.2 Å². The molecular weight excluding hydrogens is 224 g/mol. The number of rotatable bonds is 6. The molecule has 0 fully saturated rings. The molecule has 0 spiro atoms. The van der Waals surface area contributed by atoms with Crippen molar-refractivity contribution in [1.29, 1.82) is 0 Å². The highest BCUT2D eigenvalue weighted by Crippen LogP contribution is 2.15. The molecule has 0 aliphatic rings. The van der Waals surface area contributed by atoms with Gasteiger partial charge in [0.15, 0.2) is 5.65 Å². The summed E-state index contributed by atoms with van der Waals surface area (Å²) in [6, 6.07) is 4.43. The summed E-state index contributed by atoms with van der Waals surface area (Å²) in [5.74, 6) is 1.14. The zero-order valence-corrected chi connectivity index (χ0v) is 11.5. The molecule has 0 bridgehead atoms. The zero-order chi connectivity index (χ0) is 13.0. The van der Waals surface area contributed by atoms with Gasteiger partial charge in [0.2, 0.25) is 0 Å². The predicted molar refractivity (Wildman–Crippen MR) is 74.7 cm³/mol. The monoisotopic (exact) mass is 246 g/mol. The number of imidazole rings is 1. The molecule has 0 aromatic carbocycles. The van der Waals surface area contributed by atoms with Gasteiger partial charge in [0.1, 0.15) is 11.3 Å². The van der Waals surface area contributed by atoms with Crippen LogP contribution in [0.15, 0.2) is 18.3 Å². The number of hydrogen-bond donors (Lipinski definition) is 1. The summed E-state index contributed by atoms with van der Waals surface area (Å²) in [5.41, 5.74) is 2.02. The molecule has 98 valence electrons. The van der Waals surface area contributed by atoms with E-state index in [-0.39, 0.29) is 0 Å². The topological polar surface area (TPSA) is 42.7 Å². The van der Waals surface area contributed by atoms with E-state index in [9.17, 15) is 0 Å². The molecule has 2 rings (SSSR count). The van der Waals surface area contributed by atoms with E-state index in [1.54, 1.807) is 0 Å². The van der Waals surface area contributed by atoms with Gasteiger partial charge in [0.05, 0.1) is 0 Å². The van der Waals surface area contributed by atoms with Gasteiger partial charge in [0, 0.05) is 25.2 Å². The highest BCUT2D eigenvalue weighted by Gasteiger charge is 2.13. The highest BCUT2D eigenvalue weighted by molar-refractivity contribution is 5.71. The van der Waals surface area contributed by atoms with Crippen molar-refractivity contribution in [2.45, 2.75) is 46.2 Å². The fourth-order valence-electron chi connectivity index (χ4n) is 2.31. The Hall–Kier alpha value is -1.42. The second kappa shape index (κ2) is 5.96. The first-order valence-electron chi connectivity index (χ1n) is 6.79. The first-order chi connectivity index (χ1) is 8.76. The minimum absolute atomic E-state index is 0.447. The molecule has 0 saturated carbocycles. The number of pyridine rings is 1. The van der Waals surface area contributed by atoms with Crippen molar-refractivity contribution >= 4 is 11.2 Å². The Morgan fingerprint density at radius 3 is 2.94 bits per heavy atom. The van der Waals surface area contributed by atoms with Gasteiger partial charge >= 0.3 is 0 Å². The van der Waals surface area contributed by atoms with Crippen LogP contribution in [0.25, 0.3) is 11.2 Å². The lowest BCUT2D eigenvalue weighted by atomic mass is 10.2. The van der Waals surface area contributed by atoms with Crippen LogP contribution in [0.5, 0.6) is 0 Å². The molecule has 2 aromatic heterocycles. The lowest BCUT2D eigenvalue weighted by Crippen LogP contribution is -2.28. The van der Waals surface area contributed by atoms with Crippen LogP contribution in [0.1, 0.15) is 33.0 Å². The van der Waals surface area contributed by atoms with Gasteiger partial charge in [0.25, 0.3) is 0 Å². The molecule has 1 N–H and O–H groups in total. The number of aryl methyl sites for hydroxylation is 1. The molecule has 0 amide bonds. The van der Waals surface area contributed by atoms with Crippen LogP contribution >= 0.6 is 0 Å². The average molecular weight is 246 g/mol. The maximum atomic E-state index is 4.71. The van der Waals surface area contributed by atoms with Crippen LogP contribution in [0.3, 0.4) is 0 Å². The number of aromatic nitrogens is 3. The van der Waals surface area contributed by atoms with Crippen LogP contribution < -0.4 is 5.32 Å². The van der Waals surface area contributed by atoms with Crippen molar-refractivity contribution in [3.63, 3.8) is 0 Å². The van der Waals surface area contributed by atoms with E-state index in [0.717, 1.165) is 42.9 Å². The van der Waals surface area contributed by atoms with Crippen LogP contribution in [0, 0.1) is 0 Å². The molecule has 0 aliphatic carbocycles. The van der Waals surface area contributed by atoms with E-state index in [4.69, 9.17) is 4.98 Å². The smallest absolute Gasteiger partial charge is 0.159 e. The standard InChI is InChI=1S/C14H22N4/c1-4-9-18-13(10-11(3)15-5-2)17-12-7-6-8-16-14(12)18/h6-8,11,15H,4-5,9-10H2,1-3H3. The molecule has 18 heavy (non-hydrogen) atoms. The Balaban J connectivity index is 2.33. The van der Waals surface area contributed by atoms with Gasteiger partial charge < -0.3 is 9.88 Å². The fraction of sp³-hybridized carbons (Fsp3) is 0.571. The van der Waals surface area contributed by atoms with Crippen molar-refractivity contribution in [1.82, 2.24) is 19.9 Å². The van der Waals surface area contributed by atoms with Crippen LogP contribution in [-0.4, -0.2) is 27.1 Å². The number of likely N-dealkylation sites (N-methyl/N-ethyl adjacent to an activating group) is 1. The summed E-state index contributed by atoms with van der Waals surface area (Å²) >= 11 is 0. The van der Waals surface area contributed by atoms with Crippen molar-refractivity contribution in [3.8, 4) is 0 Å². The Kier molecular flexibility index (Phi) is 4.31. The Morgan fingerprint density at radius 2 is 2.22 bits per heavy atom. The van der Waals surface area contributed by atoms with Crippen molar-refractivity contribution in [2.24, 2.45) is 0 Å². The quantitative estimate of drug-likeness (QED) is 0.851. The molecule has 4 nitrogen and oxygen atoms in total. The Labute approximate surface area is 108 Å². The molecule has 4 heteroatoms. The summed E-state index contributed by atoms with van der Waals surface area (Å²) in [5, 5.41) is 3.43. The van der Waals surface area contributed by atoms with Gasteiger partial charge in [-0.2, -0.15) is 0 Å². The van der Waals surface area contributed by atoms with E-state index in [1.165, 1.54) is 0 Å². The van der Waals surface area contributed by atoms with Gasteiger partial charge in [-0.3, -0.25) is 0 Å². The molecule has 1 unspecified atom stereocenters. The van der Waals surface area contributed by atoms with Crippen LogP contribution in [0.2, 0.25) is 0 Å². The van der Waals surface area contributed by atoms with E-state index in [1.807, 2.05) is 18.3 Å². The number of nitrogens with one attached hydrogen (secondary N) is 1. The largest absolute Gasteiger partial charge is 0.314 e. The van der Waals surface area contributed by atoms with E-state index in [0.29, 0.717) is 6.04 Å². The highest BCUT2D eigenvalue weighted by atomic mass is 15.1. The summed E-state index contributed by atoms with van der Waals surface area (Å²) < 4.78 is 2.25. The summed E-state index contributed by atoms with van der Waals surface area (Å²) in [6.45, 7) is 8.50. The van der Waals surface area contributed by atoms with E-state index in [2.05, 4.69) is 35.6 Å². The minimum Gasteiger partial charge on any atom is -0.314 e. The number of hydrogen-bond acceptors (Lipinski definition) is 3. The maximum Gasteiger partial charge on any atom is 0.159 e. The molecule has 0 aliphatic heterocycles. The lowest BCUT2D eigenvalue weighted by Gasteiger charge is -2.13. The van der Waals surface area contributed by atoms with Crippen LogP contribution in [-0.2, 0) is 13.0 Å².